The number of benzene rings is 1. The van der Waals surface area contributed by atoms with E-state index in [2.05, 4.69) is 57.8 Å². The number of nitrogens with one attached hydrogen (secondary N) is 2. The minimum Gasteiger partial charge on any atom is -0.382 e. The van der Waals surface area contributed by atoms with Gasteiger partial charge in [-0.05, 0) is 57.2 Å². The van der Waals surface area contributed by atoms with Gasteiger partial charge in [-0.3, -0.25) is 4.99 Å². The van der Waals surface area contributed by atoms with Crippen LogP contribution < -0.4 is 10.6 Å². The molecule has 4 nitrogen and oxygen atoms in total. The molecule has 1 aromatic rings. The molecular formula is C19H31BrIN3O. The molecule has 2 N–H and O–H groups in total. The van der Waals surface area contributed by atoms with Crippen molar-refractivity contribution in [2.75, 3.05) is 32.8 Å². The van der Waals surface area contributed by atoms with Crippen molar-refractivity contribution in [3.63, 3.8) is 0 Å². The largest absolute Gasteiger partial charge is 0.382 e. The molecule has 0 aromatic heterocycles. The molecule has 0 amide bonds. The van der Waals surface area contributed by atoms with Crippen LogP contribution in [0, 0.1) is 0 Å². The Hall–Kier alpha value is -0.340. The van der Waals surface area contributed by atoms with Gasteiger partial charge in [0.15, 0.2) is 5.96 Å². The molecule has 0 heterocycles. The summed E-state index contributed by atoms with van der Waals surface area (Å²) in [6.45, 7) is 8.45. The van der Waals surface area contributed by atoms with E-state index in [0.717, 1.165) is 56.1 Å². The fourth-order valence-electron chi connectivity index (χ4n) is 2.76. The topological polar surface area (TPSA) is 45.7 Å². The van der Waals surface area contributed by atoms with Crippen molar-refractivity contribution in [2.45, 2.75) is 44.9 Å². The Morgan fingerprint density at radius 1 is 1.24 bits per heavy atom. The quantitative estimate of drug-likeness (QED) is 0.206. The summed E-state index contributed by atoms with van der Waals surface area (Å²) in [5.74, 6) is 0.926. The molecule has 0 aliphatic heterocycles. The predicted octanol–water partition coefficient (Wildman–Crippen LogP) is 4.47. The zero-order valence-electron chi connectivity index (χ0n) is 15.3. The van der Waals surface area contributed by atoms with Crippen LogP contribution in [-0.2, 0) is 10.2 Å². The Balaban J connectivity index is 0.00000312. The first-order valence-electron chi connectivity index (χ1n) is 9.06. The lowest BCUT2D eigenvalue weighted by molar-refractivity contribution is 0.143. The van der Waals surface area contributed by atoms with Crippen LogP contribution in [0.5, 0.6) is 0 Å². The summed E-state index contributed by atoms with van der Waals surface area (Å²) in [5.41, 5.74) is 1.63. The molecule has 142 valence electrons. The van der Waals surface area contributed by atoms with E-state index in [0.29, 0.717) is 0 Å². The van der Waals surface area contributed by atoms with Crippen molar-refractivity contribution in [2.24, 2.45) is 4.99 Å². The van der Waals surface area contributed by atoms with Gasteiger partial charge in [0.25, 0.3) is 0 Å². The van der Waals surface area contributed by atoms with E-state index in [4.69, 9.17) is 9.73 Å². The highest BCUT2D eigenvalue weighted by Crippen LogP contribution is 2.48. The van der Waals surface area contributed by atoms with Gasteiger partial charge in [0.2, 0.25) is 0 Å². The van der Waals surface area contributed by atoms with Crippen LogP contribution in [0.25, 0.3) is 0 Å². The van der Waals surface area contributed by atoms with Crippen LogP contribution in [0.15, 0.2) is 33.7 Å². The van der Waals surface area contributed by atoms with E-state index in [1.165, 1.54) is 18.4 Å². The highest BCUT2D eigenvalue weighted by atomic mass is 127. The maximum atomic E-state index is 5.37. The first-order valence-corrected chi connectivity index (χ1v) is 9.85. The number of hydrogen-bond acceptors (Lipinski definition) is 2. The Kier molecular flexibility index (Phi) is 11.0. The second-order valence-electron chi connectivity index (χ2n) is 6.32. The molecule has 0 bridgehead atoms. The summed E-state index contributed by atoms with van der Waals surface area (Å²) in [5, 5.41) is 6.78. The van der Waals surface area contributed by atoms with Crippen molar-refractivity contribution in [1.29, 1.82) is 0 Å². The number of aliphatic imine (C=N–C) groups is 1. The Bertz CT molecular complexity index is 535. The van der Waals surface area contributed by atoms with Crippen LogP contribution in [0.3, 0.4) is 0 Å². The van der Waals surface area contributed by atoms with Crippen molar-refractivity contribution >= 4 is 45.9 Å². The summed E-state index contributed by atoms with van der Waals surface area (Å²) in [6, 6.07) is 8.65. The second kappa shape index (κ2) is 12.1. The normalized spacial score (nSPS) is 15.4. The average molecular weight is 524 g/mol. The smallest absolute Gasteiger partial charge is 0.191 e. The van der Waals surface area contributed by atoms with E-state index in [1.807, 2.05) is 6.92 Å². The first kappa shape index (κ1) is 22.7. The van der Waals surface area contributed by atoms with Gasteiger partial charge in [-0.2, -0.15) is 0 Å². The van der Waals surface area contributed by atoms with Crippen molar-refractivity contribution < 1.29 is 4.74 Å². The van der Waals surface area contributed by atoms with Crippen LogP contribution in [-0.4, -0.2) is 38.8 Å². The first-order chi connectivity index (χ1) is 11.7. The maximum Gasteiger partial charge on any atom is 0.191 e. The Morgan fingerprint density at radius 3 is 2.68 bits per heavy atom. The summed E-state index contributed by atoms with van der Waals surface area (Å²) in [6.07, 6.45) is 4.63. The molecule has 0 saturated heterocycles. The van der Waals surface area contributed by atoms with E-state index >= 15 is 0 Å². The molecule has 6 heteroatoms. The number of ether oxygens (including phenoxy) is 1. The summed E-state index contributed by atoms with van der Waals surface area (Å²) >= 11 is 3.58. The molecular weight excluding hydrogens is 493 g/mol. The molecule has 0 spiro atoms. The van der Waals surface area contributed by atoms with Crippen LogP contribution in [0.2, 0.25) is 0 Å². The van der Waals surface area contributed by atoms with Gasteiger partial charge in [-0.15, -0.1) is 24.0 Å². The monoisotopic (exact) mass is 523 g/mol. The van der Waals surface area contributed by atoms with Gasteiger partial charge in [0.1, 0.15) is 0 Å². The molecule has 0 radical (unpaired) electrons. The van der Waals surface area contributed by atoms with Gasteiger partial charge < -0.3 is 15.4 Å². The van der Waals surface area contributed by atoms with Crippen molar-refractivity contribution in [1.82, 2.24) is 10.6 Å². The number of guanidine groups is 1. The van der Waals surface area contributed by atoms with Crippen LogP contribution >= 0.6 is 39.9 Å². The zero-order valence-corrected chi connectivity index (χ0v) is 19.2. The molecule has 1 aromatic carbocycles. The fourth-order valence-corrected chi connectivity index (χ4v) is 3.16. The Labute approximate surface area is 177 Å². The minimum absolute atomic E-state index is 0. The van der Waals surface area contributed by atoms with Crippen LogP contribution in [0.1, 0.15) is 45.1 Å². The van der Waals surface area contributed by atoms with Crippen LogP contribution in [0.4, 0.5) is 0 Å². The van der Waals surface area contributed by atoms with Crippen molar-refractivity contribution in [3.05, 3.63) is 34.3 Å². The zero-order chi connectivity index (χ0) is 17.3. The standard InChI is InChI=1S/C19H30BrN3O.HI/c1-3-21-18(22-12-5-6-13-24-4-2)23-15-19(10-11-19)16-8-7-9-17(20)14-16;/h7-9,14H,3-6,10-13,15H2,1-2H3,(H2,21,22,23);1H. The van der Waals surface area contributed by atoms with Crippen molar-refractivity contribution in [3.8, 4) is 0 Å². The molecule has 1 fully saturated rings. The summed E-state index contributed by atoms with van der Waals surface area (Å²) < 4.78 is 6.52. The molecule has 0 unspecified atom stereocenters. The second-order valence-corrected chi connectivity index (χ2v) is 7.23. The molecule has 25 heavy (non-hydrogen) atoms. The molecule has 0 atom stereocenters. The molecule has 1 saturated carbocycles. The lowest BCUT2D eigenvalue weighted by Gasteiger charge is -2.16. The van der Waals surface area contributed by atoms with Gasteiger partial charge in [-0.1, -0.05) is 28.1 Å². The third-order valence-corrected chi connectivity index (χ3v) is 4.88. The lowest BCUT2D eigenvalue weighted by atomic mass is 9.96. The van der Waals surface area contributed by atoms with Gasteiger partial charge in [-0.25, -0.2) is 0 Å². The lowest BCUT2D eigenvalue weighted by Crippen LogP contribution is -2.38. The molecule has 1 aliphatic rings. The summed E-state index contributed by atoms with van der Waals surface area (Å²) in [4.78, 5) is 4.84. The molecule has 1 aliphatic carbocycles. The van der Waals surface area contributed by atoms with E-state index < -0.39 is 0 Å². The Morgan fingerprint density at radius 2 is 2.04 bits per heavy atom. The summed E-state index contributed by atoms with van der Waals surface area (Å²) in [7, 11) is 0. The van der Waals surface area contributed by atoms with Gasteiger partial charge in [0.05, 0.1) is 6.54 Å². The number of nitrogens with zero attached hydrogens (tertiary/aromatic N) is 1. The SMILES string of the molecule is CCNC(=NCC1(c2cccc(Br)c2)CC1)NCCCCOCC.I. The maximum absolute atomic E-state index is 5.37. The third kappa shape index (κ3) is 7.83. The highest BCUT2D eigenvalue weighted by molar-refractivity contribution is 14.0. The predicted molar refractivity (Wildman–Crippen MR) is 120 cm³/mol. The van der Waals surface area contributed by atoms with E-state index in [1.54, 1.807) is 0 Å². The van der Waals surface area contributed by atoms with E-state index in [9.17, 15) is 0 Å². The number of halogens is 2. The minimum atomic E-state index is 0. The third-order valence-electron chi connectivity index (χ3n) is 4.39. The number of rotatable bonds is 10. The number of hydrogen-bond donors (Lipinski definition) is 2. The fraction of sp³-hybridized carbons (Fsp3) is 0.632. The highest BCUT2D eigenvalue weighted by Gasteiger charge is 2.44. The van der Waals surface area contributed by atoms with Gasteiger partial charge in [0, 0.05) is 36.2 Å². The number of unbranched alkanes of at least 4 members (excludes halogenated alkanes) is 1. The molecule has 2 rings (SSSR count). The van der Waals surface area contributed by atoms with E-state index in [-0.39, 0.29) is 29.4 Å². The van der Waals surface area contributed by atoms with Gasteiger partial charge >= 0.3 is 0 Å². The average Bonchev–Trinajstić information content (AvgIpc) is 3.37.